The molecule has 3 heterocycles. The second-order valence-corrected chi connectivity index (χ2v) is 9.11. The Hall–Kier alpha value is -3.39. The van der Waals surface area contributed by atoms with E-state index in [9.17, 15) is 4.79 Å². The monoisotopic (exact) mass is 477 g/mol. The van der Waals surface area contributed by atoms with Crippen molar-refractivity contribution in [1.29, 1.82) is 0 Å². The lowest BCUT2D eigenvalue weighted by molar-refractivity contribution is -0.140. The molecule has 0 aliphatic carbocycles. The van der Waals surface area contributed by atoms with Gasteiger partial charge in [-0.1, -0.05) is 6.07 Å². The summed E-state index contributed by atoms with van der Waals surface area (Å²) in [5, 5.41) is 4.07. The molecule has 178 valence electrons. The summed E-state index contributed by atoms with van der Waals surface area (Å²) in [5.41, 5.74) is 6.60. The molecule has 4 rings (SSSR count). The number of aryl methyl sites for hydroxylation is 1. The van der Waals surface area contributed by atoms with Gasteiger partial charge >= 0.3 is 5.97 Å². The van der Waals surface area contributed by atoms with Crippen LogP contribution in [0.25, 0.3) is 5.69 Å². The molecular weight excluding hydrogens is 446 g/mol. The molecule has 1 aliphatic heterocycles. The summed E-state index contributed by atoms with van der Waals surface area (Å²) in [5.74, 6) is -0.255. The van der Waals surface area contributed by atoms with Gasteiger partial charge in [0.25, 0.3) is 0 Å². The number of thiocarbonyl (C=S) groups is 1. The quantitative estimate of drug-likeness (QED) is 0.406. The van der Waals surface area contributed by atoms with E-state index < -0.39 is 0 Å². The first-order chi connectivity index (χ1) is 16.3. The first-order valence-electron chi connectivity index (χ1n) is 11.3. The first-order valence-corrected chi connectivity index (χ1v) is 11.7. The van der Waals surface area contributed by atoms with Gasteiger partial charge in [-0.3, -0.25) is 9.78 Å². The highest BCUT2D eigenvalue weighted by molar-refractivity contribution is 7.80. The number of benzene rings is 1. The third kappa shape index (κ3) is 4.50. The average molecular weight is 478 g/mol. The minimum Gasteiger partial charge on any atom is -0.469 e. The van der Waals surface area contributed by atoms with Crippen LogP contribution in [0, 0.1) is 13.8 Å². The van der Waals surface area contributed by atoms with E-state index in [4.69, 9.17) is 17.0 Å². The Kier molecular flexibility index (Phi) is 6.88. The molecule has 3 aromatic rings. The van der Waals surface area contributed by atoms with Gasteiger partial charge in [0.15, 0.2) is 5.11 Å². The van der Waals surface area contributed by atoms with Crippen molar-refractivity contribution >= 4 is 29.0 Å². The van der Waals surface area contributed by atoms with E-state index in [2.05, 4.69) is 68.8 Å². The Bertz CT molecular complexity index is 1170. The van der Waals surface area contributed by atoms with Crippen LogP contribution in [0.15, 0.2) is 54.7 Å². The number of aromatic nitrogens is 2. The summed E-state index contributed by atoms with van der Waals surface area (Å²) in [4.78, 5) is 20.7. The van der Waals surface area contributed by atoms with Crippen molar-refractivity contribution in [3.63, 3.8) is 0 Å². The molecule has 0 radical (unpaired) electrons. The smallest absolute Gasteiger partial charge is 0.307 e. The van der Waals surface area contributed by atoms with E-state index in [1.54, 1.807) is 6.20 Å². The number of hydrogen-bond acceptors (Lipinski definition) is 5. The van der Waals surface area contributed by atoms with Gasteiger partial charge in [0.1, 0.15) is 0 Å². The minimum absolute atomic E-state index is 0.104. The molecule has 7 nitrogen and oxygen atoms in total. The van der Waals surface area contributed by atoms with Gasteiger partial charge in [0, 0.05) is 49.6 Å². The zero-order valence-electron chi connectivity index (χ0n) is 20.3. The van der Waals surface area contributed by atoms with Gasteiger partial charge in [-0.15, -0.1) is 0 Å². The van der Waals surface area contributed by atoms with E-state index in [0.717, 1.165) is 34.0 Å². The molecule has 1 N–H and O–H groups in total. The highest BCUT2D eigenvalue weighted by atomic mass is 32.1. The van der Waals surface area contributed by atoms with Crippen LogP contribution < -0.4 is 10.2 Å². The molecule has 2 atom stereocenters. The van der Waals surface area contributed by atoms with Gasteiger partial charge in [0.2, 0.25) is 0 Å². The predicted molar refractivity (Wildman–Crippen MR) is 138 cm³/mol. The number of hydrogen-bond donors (Lipinski definition) is 1. The van der Waals surface area contributed by atoms with Crippen molar-refractivity contribution in [3.05, 3.63) is 77.4 Å². The van der Waals surface area contributed by atoms with E-state index >= 15 is 0 Å². The molecule has 0 spiro atoms. The van der Waals surface area contributed by atoms with E-state index in [1.165, 1.54) is 7.11 Å². The van der Waals surface area contributed by atoms with Crippen LogP contribution in [0.4, 0.5) is 5.69 Å². The van der Waals surface area contributed by atoms with Crippen molar-refractivity contribution in [1.82, 2.24) is 19.8 Å². The maximum Gasteiger partial charge on any atom is 0.307 e. The number of carbonyl (C=O) groups excluding carboxylic acids is 1. The highest BCUT2D eigenvalue weighted by Crippen LogP contribution is 2.41. The van der Waals surface area contributed by atoms with Gasteiger partial charge in [-0.25, -0.2) is 0 Å². The zero-order valence-corrected chi connectivity index (χ0v) is 21.1. The molecule has 1 saturated heterocycles. The molecular formula is C26H31N5O2S. The fourth-order valence-corrected chi connectivity index (χ4v) is 5.01. The van der Waals surface area contributed by atoms with Crippen LogP contribution in [0.5, 0.6) is 0 Å². The Balaban J connectivity index is 1.77. The highest BCUT2D eigenvalue weighted by Gasteiger charge is 2.41. The molecule has 0 amide bonds. The number of carbonyl (C=O) groups is 1. The van der Waals surface area contributed by atoms with E-state index in [0.29, 0.717) is 11.7 Å². The van der Waals surface area contributed by atoms with Gasteiger partial charge in [0.05, 0.1) is 31.3 Å². The van der Waals surface area contributed by atoms with Gasteiger partial charge < -0.3 is 24.4 Å². The Morgan fingerprint density at radius 3 is 2.53 bits per heavy atom. The summed E-state index contributed by atoms with van der Waals surface area (Å²) < 4.78 is 7.15. The third-order valence-electron chi connectivity index (χ3n) is 6.40. The van der Waals surface area contributed by atoms with Crippen molar-refractivity contribution in [3.8, 4) is 5.69 Å². The van der Waals surface area contributed by atoms with E-state index in [-0.39, 0.29) is 24.5 Å². The molecule has 0 bridgehead atoms. The lowest BCUT2D eigenvalue weighted by atomic mass is 9.96. The van der Waals surface area contributed by atoms with Crippen LogP contribution in [0.3, 0.4) is 0 Å². The molecule has 2 aromatic heterocycles. The molecule has 1 aromatic carbocycles. The van der Waals surface area contributed by atoms with Crippen LogP contribution in [-0.4, -0.2) is 53.3 Å². The van der Waals surface area contributed by atoms with Crippen molar-refractivity contribution in [2.24, 2.45) is 0 Å². The predicted octanol–water partition coefficient (Wildman–Crippen LogP) is 4.09. The molecule has 34 heavy (non-hydrogen) atoms. The van der Waals surface area contributed by atoms with Crippen LogP contribution in [-0.2, 0) is 9.53 Å². The fourth-order valence-electron chi connectivity index (χ4n) is 4.68. The summed E-state index contributed by atoms with van der Waals surface area (Å²) in [6, 6.07) is 16.4. The summed E-state index contributed by atoms with van der Waals surface area (Å²) in [6.45, 7) is 4.72. The standard InChI is InChI=1S/C26H31N5O2S/c1-17-16-21(18(2)31(17)20-11-9-19(10-12-20)29(3)4)25-24(22-8-6-7-14-27-22)28-26(34)30(25)15-13-23(32)33-5/h6-12,14,16,24-25H,13,15H2,1-5H3,(H,28,34)/t24-,25+/m0/s1. The Morgan fingerprint density at radius 1 is 1.18 bits per heavy atom. The summed E-state index contributed by atoms with van der Waals surface area (Å²) >= 11 is 5.72. The lowest BCUT2D eigenvalue weighted by Gasteiger charge is -2.28. The van der Waals surface area contributed by atoms with Gasteiger partial charge in [-0.2, -0.15) is 0 Å². The number of nitrogens with one attached hydrogen (secondary N) is 1. The fraction of sp³-hybridized carbons (Fsp3) is 0.346. The van der Waals surface area contributed by atoms with Crippen molar-refractivity contribution < 1.29 is 9.53 Å². The number of nitrogens with zero attached hydrogens (tertiary/aromatic N) is 4. The number of methoxy groups -OCH3 is 1. The molecule has 0 unspecified atom stereocenters. The largest absolute Gasteiger partial charge is 0.469 e. The van der Waals surface area contributed by atoms with Crippen molar-refractivity contribution in [2.75, 3.05) is 32.6 Å². The third-order valence-corrected chi connectivity index (χ3v) is 6.75. The SMILES string of the molecule is COC(=O)CCN1C(=S)N[C@@H](c2ccccn2)[C@H]1c1cc(C)n(-c2ccc(N(C)C)cc2)c1C. The number of esters is 1. The number of ether oxygens (including phenoxy) is 1. The van der Waals surface area contributed by atoms with Crippen molar-refractivity contribution in [2.45, 2.75) is 32.4 Å². The molecule has 1 fully saturated rings. The number of rotatable bonds is 7. The maximum absolute atomic E-state index is 11.9. The summed E-state index contributed by atoms with van der Waals surface area (Å²) in [6.07, 6.45) is 2.05. The maximum atomic E-state index is 11.9. The topological polar surface area (TPSA) is 62.6 Å². The molecule has 1 aliphatic rings. The average Bonchev–Trinajstić information content (AvgIpc) is 3.32. The van der Waals surface area contributed by atoms with E-state index in [1.807, 2.05) is 32.3 Å². The second kappa shape index (κ2) is 9.85. The Labute approximate surface area is 206 Å². The summed E-state index contributed by atoms with van der Waals surface area (Å²) in [7, 11) is 5.48. The van der Waals surface area contributed by atoms with Crippen LogP contribution in [0.1, 0.15) is 41.1 Å². The molecule has 8 heteroatoms. The lowest BCUT2D eigenvalue weighted by Crippen LogP contribution is -2.32. The number of pyridine rings is 1. The molecule has 0 saturated carbocycles. The minimum atomic E-state index is -0.255. The normalized spacial score (nSPS) is 17.6. The second-order valence-electron chi connectivity index (χ2n) is 8.72. The number of anilines is 1. The first kappa shape index (κ1) is 23.8. The van der Waals surface area contributed by atoms with Crippen LogP contribution in [0.2, 0.25) is 0 Å². The Morgan fingerprint density at radius 2 is 1.91 bits per heavy atom. The van der Waals surface area contributed by atoms with Crippen LogP contribution >= 0.6 is 12.2 Å². The zero-order chi connectivity index (χ0) is 24.4. The van der Waals surface area contributed by atoms with Gasteiger partial charge in [-0.05, 0) is 74.1 Å².